The molecule has 0 radical (unpaired) electrons. The van der Waals surface area contributed by atoms with Gasteiger partial charge in [0, 0.05) is 38.0 Å². The highest BCUT2D eigenvalue weighted by molar-refractivity contribution is 5.88. The largest absolute Gasteiger partial charge is 0.381 e. The number of carbonyl (C=O) groups is 1. The van der Waals surface area contributed by atoms with Crippen LogP contribution in [-0.4, -0.2) is 32.2 Å². The number of carbonyl (C=O) groups excluding carboxylic acids is 1. The molecule has 1 N–H and O–H groups in total. The summed E-state index contributed by atoms with van der Waals surface area (Å²) in [4.78, 5) is 13.6. The lowest BCUT2D eigenvalue weighted by atomic mass is 9.74. The molecule has 0 bridgehead atoms. The van der Waals surface area contributed by atoms with Gasteiger partial charge < -0.3 is 15.0 Å². The van der Waals surface area contributed by atoms with Gasteiger partial charge in [-0.05, 0) is 67.9 Å². The Labute approximate surface area is 168 Å². The van der Waals surface area contributed by atoms with E-state index in [9.17, 15) is 4.79 Å². The molecule has 1 saturated heterocycles. The van der Waals surface area contributed by atoms with Crippen LogP contribution in [-0.2, 0) is 16.0 Å². The van der Waals surface area contributed by atoms with Crippen molar-refractivity contribution in [1.82, 2.24) is 0 Å². The number of nitrogens with zero attached hydrogens (tertiary/aromatic N) is 1. The van der Waals surface area contributed by atoms with E-state index in [1.54, 1.807) is 0 Å². The van der Waals surface area contributed by atoms with Crippen molar-refractivity contribution in [1.29, 1.82) is 0 Å². The van der Waals surface area contributed by atoms with E-state index in [1.165, 1.54) is 24.6 Å². The summed E-state index contributed by atoms with van der Waals surface area (Å²) in [7, 11) is 0. The fourth-order valence-electron chi connectivity index (χ4n) is 4.04. The van der Waals surface area contributed by atoms with Crippen molar-refractivity contribution in [2.45, 2.75) is 39.5 Å². The van der Waals surface area contributed by atoms with Crippen LogP contribution in [0, 0.1) is 5.41 Å². The monoisotopic (exact) mass is 380 g/mol. The third-order valence-corrected chi connectivity index (χ3v) is 5.78. The molecule has 1 aliphatic rings. The molecule has 1 aliphatic heterocycles. The molecule has 1 fully saturated rings. The average Bonchev–Trinajstić information content (AvgIpc) is 2.72. The lowest BCUT2D eigenvalue weighted by molar-refractivity contribution is -0.114. The number of hydrogen-bond acceptors (Lipinski definition) is 3. The van der Waals surface area contributed by atoms with Crippen molar-refractivity contribution in [2.24, 2.45) is 5.41 Å². The van der Waals surface area contributed by atoms with Crippen molar-refractivity contribution >= 4 is 17.3 Å². The Balaban J connectivity index is 1.60. The van der Waals surface area contributed by atoms with Gasteiger partial charge in [-0.15, -0.1) is 0 Å². The van der Waals surface area contributed by atoms with Crippen LogP contribution in [0.25, 0.3) is 0 Å². The SMILES string of the molecule is CCOCC1(CCc2ccccc2)CCN(c2ccc(NC(C)=O)cc2)CC1. The predicted octanol–water partition coefficient (Wildman–Crippen LogP) is 4.90. The Bertz CT molecular complexity index is 735. The summed E-state index contributed by atoms with van der Waals surface area (Å²) in [5, 5.41) is 2.83. The van der Waals surface area contributed by atoms with E-state index in [0.29, 0.717) is 0 Å². The maximum atomic E-state index is 11.2. The Morgan fingerprint density at radius 1 is 1.07 bits per heavy atom. The highest BCUT2D eigenvalue weighted by atomic mass is 16.5. The van der Waals surface area contributed by atoms with E-state index in [1.807, 2.05) is 12.1 Å². The molecule has 4 nitrogen and oxygen atoms in total. The normalized spacial score (nSPS) is 16.0. The average molecular weight is 381 g/mol. The summed E-state index contributed by atoms with van der Waals surface area (Å²) in [5.74, 6) is -0.0372. The van der Waals surface area contributed by atoms with Crippen LogP contribution >= 0.6 is 0 Å². The van der Waals surface area contributed by atoms with Gasteiger partial charge in [-0.1, -0.05) is 30.3 Å². The first kappa shape index (κ1) is 20.4. The lowest BCUT2D eigenvalue weighted by Gasteiger charge is -2.43. The number of anilines is 2. The summed E-state index contributed by atoms with van der Waals surface area (Å²) in [5.41, 5.74) is 3.75. The fourth-order valence-corrected chi connectivity index (χ4v) is 4.04. The van der Waals surface area contributed by atoms with Crippen molar-refractivity contribution in [2.75, 3.05) is 36.5 Å². The predicted molar refractivity (Wildman–Crippen MR) is 116 cm³/mol. The molecule has 0 atom stereocenters. The quantitative estimate of drug-likeness (QED) is 0.708. The number of rotatable bonds is 8. The molecule has 0 spiro atoms. The number of nitrogens with one attached hydrogen (secondary N) is 1. The third-order valence-electron chi connectivity index (χ3n) is 5.78. The molecule has 2 aromatic carbocycles. The van der Waals surface area contributed by atoms with Gasteiger partial charge in [-0.3, -0.25) is 4.79 Å². The first-order valence-electron chi connectivity index (χ1n) is 10.3. The zero-order valence-corrected chi connectivity index (χ0v) is 17.1. The van der Waals surface area contributed by atoms with Gasteiger partial charge in [0.15, 0.2) is 0 Å². The zero-order chi connectivity index (χ0) is 19.8. The second kappa shape index (κ2) is 9.74. The standard InChI is InChI=1S/C24H32N2O2/c1-3-28-19-24(14-13-21-7-5-4-6-8-21)15-17-26(18-16-24)23-11-9-22(10-12-23)25-20(2)27/h4-12H,3,13-19H2,1-2H3,(H,25,27). The molecule has 0 aliphatic carbocycles. The van der Waals surface area contributed by atoms with E-state index in [4.69, 9.17) is 4.74 Å². The first-order chi connectivity index (χ1) is 13.6. The molecule has 150 valence electrons. The maximum Gasteiger partial charge on any atom is 0.221 e. The van der Waals surface area contributed by atoms with Gasteiger partial charge in [0.2, 0.25) is 5.91 Å². The lowest BCUT2D eigenvalue weighted by Crippen LogP contribution is -2.43. The molecule has 4 heteroatoms. The molecule has 28 heavy (non-hydrogen) atoms. The Morgan fingerprint density at radius 3 is 2.36 bits per heavy atom. The summed E-state index contributed by atoms with van der Waals surface area (Å²) >= 11 is 0. The van der Waals surface area contributed by atoms with Crippen molar-refractivity contribution in [3.8, 4) is 0 Å². The molecule has 3 rings (SSSR count). The van der Waals surface area contributed by atoms with Crippen molar-refractivity contribution < 1.29 is 9.53 Å². The van der Waals surface area contributed by atoms with Gasteiger partial charge in [0.05, 0.1) is 6.61 Å². The maximum absolute atomic E-state index is 11.2. The fraction of sp³-hybridized carbons (Fsp3) is 0.458. The van der Waals surface area contributed by atoms with Gasteiger partial charge in [-0.25, -0.2) is 0 Å². The van der Waals surface area contributed by atoms with Crippen LogP contribution in [0.15, 0.2) is 54.6 Å². The summed E-state index contributed by atoms with van der Waals surface area (Å²) in [6, 6.07) is 18.9. The summed E-state index contributed by atoms with van der Waals surface area (Å²) < 4.78 is 5.90. The Kier molecular flexibility index (Phi) is 7.10. The number of piperidine rings is 1. The van der Waals surface area contributed by atoms with E-state index in [0.717, 1.165) is 51.3 Å². The topological polar surface area (TPSA) is 41.6 Å². The van der Waals surface area contributed by atoms with Gasteiger partial charge in [-0.2, -0.15) is 0 Å². The van der Waals surface area contributed by atoms with Crippen LogP contribution in [0.3, 0.4) is 0 Å². The van der Waals surface area contributed by atoms with E-state index in [2.05, 4.69) is 59.6 Å². The number of aryl methyl sites for hydroxylation is 1. The molecule has 1 heterocycles. The van der Waals surface area contributed by atoms with Crippen LogP contribution in [0.5, 0.6) is 0 Å². The highest BCUT2D eigenvalue weighted by Crippen LogP contribution is 2.38. The number of amides is 1. The number of ether oxygens (including phenoxy) is 1. The van der Waals surface area contributed by atoms with E-state index in [-0.39, 0.29) is 11.3 Å². The minimum atomic E-state index is -0.0372. The molecule has 0 aromatic heterocycles. The minimum Gasteiger partial charge on any atom is -0.381 e. The molecular formula is C24H32N2O2. The molecule has 2 aromatic rings. The molecule has 0 unspecified atom stereocenters. The Hall–Kier alpha value is -2.33. The van der Waals surface area contributed by atoms with Gasteiger partial charge in [0.1, 0.15) is 0 Å². The second-order valence-electron chi connectivity index (χ2n) is 7.84. The Morgan fingerprint density at radius 2 is 1.75 bits per heavy atom. The summed E-state index contributed by atoms with van der Waals surface area (Å²) in [6.45, 7) is 7.33. The third kappa shape index (κ3) is 5.59. The second-order valence-corrected chi connectivity index (χ2v) is 7.84. The van der Waals surface area contributed by atoms with E-state index < -0.39 is 0 Å². The molecule has 1 amide bonds. The number of hydrogen-bond donors (Lipinski definition) is 1. The van der Waals surface area contributed by atoms with Crippen molar-refractivity contribution in [3.05, 3.63) is 60.2 Å². The highest BCUT2D eigenvalue weighted by Gasteiger charge is 2.34. The molecular weight excluding hydrogens is 348 g/mol. The zero-order valence-electron chi connectivity index (χ0n) is 17.1. The van der Waals surface area contributed by atoms with Crippen molar-refractivity contribution in [3.63, 3.8) is 0 Å². The van der Waals surface area contributed by atoms with Crippen LogP contribution in [0.1, 0.15) is 38.7 Å². The van der Waals surface area contributed by atoms with Gasteiger partial charge >= 0.3 is 0 Å². The van der Waals surface area contributed by atoms with Gasteiger partial charge in [0.25, 0.3) is 0 Å². The number of benzene rings is 2. The smallest absolute Gasteiger partial charge is 0.221 e. The van der Waals surface area contributed by atoms with Crippen LogP contribution < -0.4 is 10.2 Å². The van der Waals surface area contributed by atoms with Crippen LogP contribution in [0.4, 0.5) is 11.4 Å². The minimum absolute atomic E-state index is 0.0372. The van der Waals surface area contributed by atoms with Crippen LogP contribution in [0.2, 0.25) is 0 Å². The summed E-state index contributed by atoms with van der Waals surface area (Å²) in [6.07, 6.45) is 4.58. The van der Waals surface area contributed by atoms with E-state index >= 15 is 0 Å². The molecule has 0 saturated carbocycles. The first-order valence-corrected chi connectivity index (χ1v) is 10.3.